The Morgan fingerprint density at radius 1 is 1.21 bits per heavy atom. The van der Waals surface area contributed by atoms with Gasteiger partial charge in [-0.3, -0.25) is 4.79 Å². The Bertz CT molecular complexity index is 800. The third kappa shape index (κ3) is 3.12. The fourth-order valence-corrected chi connectivity index (χ4v) is 3.65. The molecule has 0 spiro atoms. The summed E-state index contributed by atoms with van der Waals surface area (Å²) in [5.74, 6) is -3.34. The lowest BCUT2D eigenvalue weighted by molar-refractivity contribution is -0.115. The van der Waals surface area contributed by atoms with Crippen LogP contribution in [0.15, 0.2) is 41.3 Å². The molecule has 0 fully saturated rings. The monoisotopic (exact) mass is 349 g/mol. The van der Waals surface area contributed by atoms with Crippen LogP contribution >= 0.6 is 11.8 Å². The summed E-state index contributed by atoms with van der Waals surface area (Å²) in [6, 6.07) is 9.13. The van der Waals surface area contributed by atoms with E-state index in [2.05, 4.69) is 10.1 Å². The first-order chi connectivity index (χ1) is 11.5. The second-order valence-electron chi connectivity index (χ2n) is 5.21. The number of hydrogen-bond acceptors (Lipinski definition) is 4. The van der Waals surface area contributed by atoms with Crippen LogP contribution in [0.4, 0.5) is 14.5 Å². The lowest BCUT2D eigenvalue weighted by atomic mass is 10.1. The van der Waals surface area contributed by atoms with Crippen molar-refractivity contribution in [2.45, 2.75) is 16.6 Å². The van der Waals surface area contributed by atoms with Gasteiger partial charge in [-0.1, -0.05) is 18.2 Å². The Morgan fingerprint density at radius 2 is 1.96 bits per heavy atom. The van der Waals surface area contributed by atoms with Gasteiger partial charge in [0.15, 0.2) is 0 Å². The van der Waals surface area contributed by atoms with E-state index in [1.807, 2.05) is 24.3 Å². The largest absolute Gasteiger partial charge is 0.465 e. The van der Waals surface area contributed by atoms with Gasteiger partial charge < -0.3 is 10.1 Å². The van der Waals surface area contributed by atoms with E-state index >= 15 is 0 Å². The summed E-state index contributed by atoms with van der Waals surface area (Å²) < 4.78 is 32.0. The molecular formula is C17H13F2NO3S. The number of anilines is 1. The lowest BCUT2D eigenvalue weighted by Gasteiger charge is -2.12. The number of amides is 1. The van der Waals surface area contributed by atoms with Crippen molar-refractivity contribution >= 4 is 29.3 Å². The number of hydrogen-bond donors (Lipinski definition) is 1. The van der Waals surface area contributed by atoms with Crippen molar-refractivity contribution in [2.75, 3.05) is 12.4 Å². The van der Waals surface area contributed by atoms with E-state index in [0.717, 1.165) is 23.6 Å². The standard InChI is InChI=1S/C17H13F2NO3S/c1-23-17(22)10-7-13(12(19)8-11(10)18)20-16(21)15-6-9-4-2-3-5-14(9)24-15/h2-5,7-8,15H,6H2,1H3,(H,20,21)/t15-/m1/s1. The number of thioether (sulfide) groups is 1. The molecule has 1 amide bonds. The maximum absolute atomic E-state index is 13.9. The molecule has 1 atom stereocenters. The molecule has 1 aliphatic heterocycles. The fraction of sp³-hybridized carbons (Fsp3) is 0.176. The number of ether oxygens (including phenoxy) is 1. The molecule has 1 aliphatic rings. The van der Waals surface area contributed by atoms with Crippen LogP contribution < -0.4 is 5.32 Å². The van der Waals surface area contributed by atoms with Gasteiger partial charge in [-0.2, -0.15) is 0 Å². The normalized spacial score (nSPS) is 15.7. The molecule has 0 radical (unpaired) electrons. The van der Waals surface area contributed by atoms with E-state index < -0.39 is 34.3 Å². The van der Waals surface area contributed by atoms with Crippen LogP contribution in [0, 0.1) is 11.6 Å². The van der Waals surface area contributed by atoms with Gasteiger partial charge in [0.25, 0.3) is 0 Å². The molecule has 7 heteroatoms. The molecule has 24 heavy (non-hydrogen) atoms. The Hall–Kier alpha value is -2.41. The number of carbonyl (C=O) groups is 2. The lowest BCUT2D eigenvalue weighted by Crippen LogP contribution is -2.25. The molecule has 0 bridgehead atoms. The molecule has 3 rings (SSSR count). The molecule has 0 unspecified atom stereocenters. The zero-order valence-corrected chi connectivity index (χ0v) is 13.5. The molecular weight excluding hydrogens is 336 g/mol. The first-order valence-corrected chi connectivity index (χ1v) is 8.00. The van der Waals surface area contributed by atoms with Crippen LogP contribution in [0.5, 0.6) is 0 Å². The van der Waals surface area contributed by atoms with Crippen LogP contribution in [-0.4, -0.2) is 24.2 Å². The predicted octanol–water partition coefficient (Wildman–Crippen LogP) is 3.41. The smallest absolute Gasteiger partial charge is 0.340 e. The summed E-state index contributed by atoms with van der Waals surface area (Å²) in [6.07, 6.45) is 0.527. The highest BCUT2D eigenvalue weighted by atomic mass is 32.2. The van der Waals surface area contributed by atoms with Gasteiger partial charge >= 0.3 is 5.97 Å². The molecule has 1 N–H and O–H groups in total. The molecule has 0 saturated heterocycles. The van der Waals surface area contributed by atoms with Gasteiger partial charge in [-0.05, 0) is 24.1 Å². The Morgan fingerprint density at radius 3 is 2.67 bits per heavy atom. The van der Waals surface area contributed by atoms with E-state index in [0.29, 0.717) is 12.5 Å². The molecule has 2 aromatic carbocycles. The van der Waals surface area contributed by atoms with Crippen molar-refractivity contribution in [2.24, 2.45) is 0 Å². The molecule has 4 nitrogen and oxygen atoms in total. The number of fused-ring (bicyclic) bond motifs is 1. The SMILES string of the molecule is COC(=O)c1cc(NC(=O)[C@H]2Cc3ccccc3S2)c(F)cc1F. The van der Waals surface area contributed by atoms with Crippen molar-refractivity contribution in [3.63, 3.8) is 0 Å². The number of rotatable bonds is 3. The maximum Gasteiger partial charge on any atom is 0.340 e. The summed E-state index contributed by atoms with van der Waals surface area (Å²) in [7, 11) is 1.09. The predicted molar refractivity (Wildman–Crippen MR) is 86.1 cm³/mol. The summed E-state index contributed by atoms with van der Waals surface area (Å²) in [6.45, 7) is 0. The molecule has 2 aromatic rings. The Labute approximate surface area is 141 Å². The van der Waals surface area contributed by atoms with E-state index in [-0.39, 0.29) is 5.69 Å². The first kappa shape index (κ1) is 16.4. The first-order valence-electron chi connectivity index (χ1n) is 7.12. The summed E-state index contributed by atoms with van der Waals surface area (Å²) in [5.41, 5.74) is 0.368. The zero-order chi connectivity index (χ0) is 17.3. The second-order valence-corrected chi connectivity index (χ2v) is 6.46. The highest BCUT2D eigenvalue weighted by Crippen LogP contribution is 2.37. The molecule has 0 aromatic heterocycles. The number of halogens is 2. The third-order valence-corrected chi connectivity index (χ3v) is 4.98. The van der Waals surface area contributed by atoms with Crippen molar-refractivity contribution in [3.05, 3.63) is 59.2 Å². The van der Waals surface area contributed by atoms with Crippen LogP contribution in [0.25, 0.3) is 0 Å². The van der Waals surface area contributed by atoms with E-state index in [9.17, 15) is 18.4 Å². The van der Waals surface area contributed by atoms with Crippen molar-refractivity contribution in [1.82, 2.24) is 0 Å². The highest BCUT2D eigenvalue weighted by molar-refractivity contribution is 8.01. The number of esters is 1. The molecule has 0 aliphatic carbocycles. The average molecular weight is 349 g/mol. The summed E-state index contributed by atoms with van der Waals surface area (Å²) in [4.78, 5) is 24.9. The van der Waals surface area contributed by atoms with Gasteiger partial charge in [-0.15, -0.1) is 11.8 Å². The van der Waals surface area contributed by atoms with E-state index in [1.165, 1.54) is 11.8 Å². The molecule has 1 heterocycles. The molecule has 124 valence electrons. The average Bonchev–Trinajstić information content (AvgIpc) is 3.00. The number of nitrogens with one attached hydrogen (secondary N) is 1. The van der Waals surface area contributed by atoms with Crippen molar-refractivity contribution in [3.8, 4) is 0 Å². The fourth-order valence-electron chi connectivity index (χ4n) is 2.45. The zero-order valence-electron chi connectivity index (χ0n) is 12.6. The highest BCUT2D eigenvalue weighted by Gasteiger charge is 2.29. The van der Waals surface area contributed by atoms with Crippen molar-refractivity contribution in [1.29, 1.82) is 0 Å². The topological polar surface area (TPSA) is 55.4 Å². The number of benzene rings is 2. The van der Waals surface area contributed by atoms with Crippen molar-refractivity contribution < 1.29 is 23.1 Å². The number of carbonyl (C=O) groups excluding carboxylic acids is 2. The van der Waals surface area contributed by atoms with Crippen LogP contribution in [0.2, 0.25) is 0 Å². The number of methoxy groups -OCH3 is 1. The summed E-state index contributed by atoms with van der Waals surface area (Å²) in [5, 5.41) is 2.02. The molecule has 0 saturated carbocycles. The van der Waals surface area contributed by atoms with Gasteiger partial charge in [0.2, 0.25) is 5.91 Å². The Balaban J connectivity index is 1.79. The van der Waals surface area contributed by atoms with Gasteiger partial charge in [-0.25, -0.2) is 13.6 Å². The third-order valence-electron chi connectivity index (χ3n) is 3.66. The minimum absolute atomic E-state index is 0.252. The van der Waals surface area contributed by atoms with E-state index in [1.54, 1.807) is 0 Å². The van der Waals surface area contributed by atoms with Crippen LogP contribution in [0.3, 0.4) is 0 Å². The maximum atomic E-state index is 13.9. The second kappa shape index (κ2) is 6.60. The minimum Gasteiger partial charge on any atom is -0.465 e. The van der Waals surface area contributed by atoms with Crippen LogP contribution in [0.1, 0.15) is 15.9 Å². The summed E-state index contributed by atoms with van der Waals surface area (Å²) >= 11 is 1.39. The van der Waals surface area contributed by atoms with E-state index in [4.69, 9.17) is 0 Å². The van der Waals surface area contributed by atoms with Crippen LogP contribution in [-0.2, 0) is 16.0 Å². The van der Waals surface area contributed by atoms with Gasteiger partial charge in [0.05, 0.1) is 23.6 Å². The Kier molecular flexibility index (Phi) is 4.53. The van der Waals surface area contributed by atoms with Gasteiger partial charge in [0, 0.05) is 11.0 Å². The van der Waals surface area contributed by atoms with Gasteiger partial charge in [0.1, 0.15) is 11.6 Å². The minimum atomic E-state index is -1.04. The quantitative estimate of drug-likeness (QED) is 0.863.